The maximum atomic E-state index is 13.1. The Morgan fingerprint density at radius 1 is 1.46 bits per heavy atom. The predicted molar refractivity (Wildman–Crippen MR) is 50.3 cm³/mol. The van der Waals surface area contributed by atoms with Crippen molar-refractivity contribution in [2.75, 3.05) is 13.2 Å². The van der Waals surface area contributed by atoms with Crippen LogP contribution in [0.1, 0.15) is 12.0 Å². The van der Waals surface area contributed by atoms with E-state index in [9.17, 15) is 4.39 Å². The molecule has 0 unspecified atom stereocenters. The van der Waals surface area contributed by atoms with E-state index < -0.39 is 0 Å². The Labute approximate surface area is 77.5 Å². The number of ether oxygens (including phenoxy) is 1. The van der Waals surface area contributed by atoms with Crippen molar-refractivity contribution in [2.45, 2.75) is 13.3 Å². The normalized spacial score (nSPS) is 10.1. The molecule has 0 fully saturated rings. The lowest BCUT2D eigenvalue weighted by molar-refractivity contribution is 0.297. The van der Waals surface area contributed by atoms with E-state index in [-0.39, 0.29) is 5.82 Å². The average molecular weight is 183 g/mol. The van der Waals surface area contributed by atoms with E-state index in [1.807, 2.05) is 13.0 Å². The van der Waals surface area contributed by atoms with Crippen molar-refractivity contribution in [3.05, 3.63) is 29.6 Å². The first kappa shape index (κ1) is 9.99. The van der Waals surface area contributed by atoms with Gasteiger partial charge >= 0.3 is 0 Å². The molecule has 0 heterocycles. The monoisotopic (exact) mass is 183 g/mol. The molecule has 2 N–H and O–H groups in total. The fraction of sp³-hybridized carbons (Fsp3) is 0.400. The Kier molecular flexibility index (Phi) is 3.71. The summed E-state index contributed by atoms with van der Waals surface area (Å²) in [6.07, 6.45) is 0.743. The molecule has 0 radical (unpaired) electrons. The second kappa shape index (κ2) is 4.82. The topological polar surface area (TPSA) is 35.2 Å². The van der Waals surface area contributed by atoms with Gasteiger partial charge in [0, 0.05) is 0 Å². The Balaban J connectivity index is 2.56. The van der Waals surface area contributed by atoms with Crippen LogP contribution < -0.4 is 10.5 Å². The second-order valence-corrected chi connectivity index (χ2v) is 2.92. The molecule has 72 valence electrons. The van der Waals surface area contributed by atoms with E-state index in [1.165, 1.54) is 6.07 Å². The summed E-state index contributed by atoms with van der Waals surface area (Å²) in [5, 5.41) is 0. The maximum absolute atomic E-state index is 13.1. The van der Waals surface area contributed by atoms with Crippen molar-refractivity contribution in [1.29, 1.82) is 0 Å². The van der Waals surface area contributed by atoms with Crippen molar-refractivity contribution in [1.82, 2.24) is 0 Å². The molecule has 0 bridgehead atoms. The molecule has 1 aromatic carbocycles. The number of benzene rings is 1. The van der Waals surface area contributed by atoms with Crippen molar-refractivity contribution >= 4 is 0 Å². The van der Waals surface area contributed by atoms with Crippen LogP contribution in [0.25, 0.3) is 0 Å². The number of aryl methyl sites for hydroxylation is 1. The van der Waals surface area contributed by atoms with Gasteiger partial charge < -0.3 is 10.5 Å². The number of hydrogen-bond donors (Lipinski definition) is 1. The summed E-state index contributed by atoms with van der Waals surface area (Å²) in [7, 11) is 0. The minimum Gasteiger partial charge on any atom is -0.490 e. The third-order valence-corrected chi connectivity index (χ3v) is 1.69. The van der Waals surface area contributed by atoms with Gasteiger partial charge in [-0.1, -0.05) is 6.07 Å². The first-order chi connectivity index (χ1) is 6.24. The molecule has 0 saturated carbocycles. The van der Waals surface area contributed by atoms with Crippen LogP contribution in [0.2, 0.25) is 0 Å². The number of hydrogen-bond acceptors (Lipinski definition) is 2. The highest BCUT2D eigenvalue weighted by Crippen LogP contribution is 2.17. The zero-order valence-electron chi connectivity index (χ0n) is 7.72. The third-order valence-electron chi connectivity index (χ3n) is 1.69. The zero-order chi connectivity index (χ0) is 9.68. The van der Waals surface area contributed by atoms with Crippen molar-refractivity contribution in [2.24, 2.45) is 5.73 Å². The van der Waals surface area contributed by atoms with Crippen molar-refractivity contribution in [3.63, 3.8) is 0 Å². The van der Waals surface area contributed by atoms with Gasteiger partial charge in [0.15, 0.2) is 11.6 Å². The zero-order valence-corrected chi connectivity index (χ0v) is 7.72. The fourth-order valence-corrected chi connectivity index (χ4v) is 0.988. The number of nitrogens with two attached hydrogens (primary N) is 1. The Bertz CT molecular complexity index is 276. The molecule has 0 amide bonds. The molecule has 2 nitrogen and oxygen atoms in total. The average Bonchev–Trinajstić information content (AvgIpc) is 2.09. The van der Waals surface area contributed by atoms with E-state index in [4.69, 9.17) is 10.5 Å². The van der Waals surface area contributed by atoms with E-state index in [2.05, 4.69) is 0 Å². The Morgan fingerprint density at radius 3 is 2.85 bits per heavy atom. The van der Waals surface area contributed by atoms with Crippen LogP contribution in [-0.4, -0.2) is 13.2 Å². The predicted octanol–water partition coefficient (Wildman–Crippen LogP) is 1.86. The summed E-state index contributed by atoms with van der Waals surface area (Å²) in [5.41, 5.74) is 6.17. The van der Waals surface area contributed by atoms with E-state index >= 15 is 0 Å². The number of rotatable bonds is 4. The molecule has 3 heteroatoms. The summed E-state index contributed by atoms with van der Waals surface area (Å²) in [5.74, 6) is -0.00364. The third kappa shape index (κ3) is 3.03. The first-order valence-corrected chi connectivity index (χ1v) is 4.33. The Hall–Kier alpha value is -1.09. The quantitative estimate of drug-likeness (QED) is 0.723. The molecule has 0 aliphatic carbocycles. The van der Waals surface area contributed by atoms with Gasteiger partial charge in [-0.05, 0) is 37.6 Å². The summed E-state index contributed by atoms with van der Waals surface area (Å²) >= 11 is 0. The van der Waals surface area contributed by atoms with Gasteiger partial charge in [0.2, 0.25) is 0 Å². The molecule has 0 aliphatic rings. The SMILES string of the molecule is Cc1ccc(OCCCN)c(F)c1. The smallest absolute Gasteiger partial charge is 0.165 e. The summed E-state index contributed by atoms with van der Waals surface area (Å²) in [6, 6.07) is 4.92. The van der Waals surface area contributed by atoms with Gasteiger partial charge in [-0.2, -0.15) is 0 Å². The fourth-order valence-electron chi connectivity index (χ4n) is 0.988. The first-order valence-electron chi connectivity index (χ1n) is 4.33. The summed E-state index contributed by atoms with van der Waals surface area (Å²) in [4.78, 5) is 0. The van der Waals surface area contributed by atoms with Crippen LogP contribution in [0, 0.1) is 12.7 Å². The molecule has 0 atom stereocenters. The molecule has 0 aromatic heterocycles. The molecule has 1 aromatic rings. The Morgan fingerprint density at radius 2 is 2.23 bits per heavy atom. The van der Waals surface area contributed by atoms with Crippen molar-refractivity contribution < 1.29 is 9.13 Å². The highest BCUT2D eigenvalue weighted by atomic mass is 19.1. The van der Waals surface area contributed by atoms with Gasteiger partial charge in [-0.15, -0.1) is 0 Å². The van der Waals surface area contributed by atoms with Gasteiger partial charge in [0.1, 0.15) is 0 Å². The summed E-state index contributed by atoms with van der Waals surface area (Å²) in [6.45, 7) is 2.87. The lowest BCUT2D eigenvalue weighted by Crippen LogP contribution is -2.06. The molecule has 0 saturated heterocycles. The van der Waals surface area contributed by atoms with Gasteiger partial charge in [0.05, 0.1) is 6.61 Å². The van der Waals surface area contributed by atoms with E-state index in [0.29, 0.717) is 18.9 Å². The minimum absolute atomic E-state index is 0.305. The maximum Gasteiger partial charge on any atom is 0.165 e. The van der Waals surface area contributed by atoms with E-state index in [1.54, 1.807) is 6.07 Å². The van der Waals surface area contributed by atoms with Crippen LogP contribution in [0.3, 0.4) is 0 Å². The lowest BCUT2D eigenvalue weighted by atomic mass is 10.2. The van der Waals surface area contributed by atoms with Crippen LogP contribution >= 0.6 is 0 Å². The minimum atomic E-state index is -0.308. The molecular formula is C10H14FNO. The molecular weight excluding hydrogens is 169 g/mol. The standard InChI is InChI=1S/C10H14FNO/c1-8-3-4-10(9(11)7-8)13-6-2-5-12/h3-4,7H,2,5-6,12H2,1H3. The van der Waals surface area contributed by atoms with Gasteiger partial charge in [-0.3, -0.25) is 0 Å². The van der Waals surface area contributed by atoms with E-state index in [0.717, 1.165) is 12.0 Å². The largest absolute Gasteiger partial charge is 0.490 e. The highest BCUT2D eigenvalue weighted by molar-refractivity contribution is 5.28. The highest BCUT2D eigenvalue weighted by Gasteiger charge is 2.01. The number of halogens is 1. The van der Waals surface area contributed by atoms with Crippen LogP contribution in [0.4, 0.5) is 4.39 Å². The summed E-state index contributed by atoms with van der Waals surface area (Å²) < 4.78 is 18.3. The van der Waals surface area contributed by atoms with Crippen LogP contribution in [-0.2, 0) is 0 Å². The van der Waals surface area contributed by atoms with Gasteiger partial charge in [-0.25, -0.2) is 4.39 Å². The molecule has 13 heavy (non-hydrogen) atoms. The lowest BCUT2D eigenvalue weighted by Gasteiger charge is -2.06. The van der Waals surface area contributed by atoms with Crippen molar-refractivity contribution in [3.8, 4) is 5.75 Å². The molecule has 0 spiro atoms. The van der Waals surface area contributed by atoms with Crippen LogP contribution in [0.15, 0.2) is 18.2 Å². The second-order valence-electron chi connectivity index (χ2n) is 2.92. The molecule has 1 rings (SSSR count). The molecule has 0 aliphatic heterocycles. The van der Waals surface area contributed by atoms with Crippen LogP contribution in [0.5, 0.6) is 5.75 Å². The van der Waals surface area contributed by atoms with Gasteiger partial charge in [0.25, 0.3) is 0 Å².